The van der Waals surface area contributed by atoms with Crippen LogP contribution in [-0.2, 0) is 20.8 Å². The fourth-order valence-corrected chi connectivity index (χ4v) is 2.61. The zero-order chi connectivity index (χ0) is 18.4. The molecule has 0 aliphatic carbocycles. The van der Waals surface area contributed by atoms with Crippen molar-refractivity contribution >= 4 is 23.8 Å². The van der Waals surface area contributed by atoms with Crippen molar-refractivity contribution in [3.8, 4) is 0 Å². The molecule has 2 rings (SSSR count). The van der Waals surface area contributed by atoms with E-state index in [4.69, 9.17) is 5.11 Å². The predicted molar refractivity (Wildman–Crippen MR) is 88.7 cm³/mol. The predicted octanol–water partition coefficient (Wildman–Crippen LogP) is 0.823. The first-order chi connectivity index (χ1) is 11.9. The second kappa shape index (κ2) is 8.27. The molecule has 0 unspecified atom stereocenters. The fraction of sp³-hybridized carbons (Fsp3) is 0.412. The molecule has 0 spiro atoms. The first-order valence-corrected chi connectivity index (χ1v) is 8.09. The molecule has 1 aromatic rings. The number of urea groups is 1. The van der Waals surface area contributed by atoms with Crippen molar-refractivity contribution < 1.29 is 24.3 Å². The minimum absolute atomic E-state index is 0.0686. The lowest BCUT2D eigenvalue weighted by atomic mass is 10.0. The number of benzene rings is 1. The quantitative estimate of drug-likeness (QED) is 0.729. The van der Waals surface area contributed by atoms with Gasteiger partial charge in [0.25, 0.3) is 0 Å². The van der Waals surface area contributed by atoms with Gasteiger partial charge in [0.1, 0.15) is 6.54 Å². The molecule has 1 atom stereocenters. The highest BCUT2D eigenvalue weighted by molar-refractivity contribution is 5.99. The average molecular weight is 347 g/mol. The molecule has 0 bridgehead atoms. The summed E-state index contributed by atoms with van der Waals surface area (Å²) in [5, 5.41) is 14.1. The van der Waals surface area contributed by atoms with Gasteiger partial charge in [0.05, 0.1) is 12.5 Å². The molecule has 25 heavy (non-hydrogen) atoms. The van der Waals surface area contributed by atoms with Crippen LogP contribution in [0.25, 0.3) is 0 Å². The van der Waals surface area contributed by atoms with Gasteiger partial charge < -0.3 is 15.7 Å². The van der Waals surface area contributed by atoms with Crippen LogP contribution in [0, 0.1) is 0 Å². The first-order valence-electron chi connectivity index (χ1n) is 8.09. The van der Waals surface area contributed by atoms with Crippen LogP contribution in [0.15, 0.2) is 24.3 Å². The molecule has 1 heterocycles. The zero-order valence-corrected chi connectivity index (χ0v) is 13.9. The van der Waals surface area contributed by atoms with E-state index in [1.165, 1.54) is 0 Å². The van der Waals surface area contributed by atoms with Crippen LogP contribution in [0.4, 0.5) is 4.79 Å². The maximum atomic E-state index is 12.4. The number of carboxylic acids is 1. The molecule has 1 saturated heterocycles. The van der Waals surface area contributed by atoms with Crippen molar-refractivity contribution in [3.63, 3.8) is 0 Å². The number of nitrogens with one attached hydrogen (secondary N) is 2. The third kappa shape index (κ3) is 5.03. The van der Waals surface area contributed by atoms with Gasteiger partial charge in [-0.3, -0.25) is 19.3 Å². The van der Waals surface area contributed by atoms with Crippen LogP contribution < -0.4 is 10.6 Å². The molecule has 1 aliphatic rings. The Morgan fingerprint density at radius 2 is 1.96 bits per heavy atom. The van der Waals surface area contributed by atoms with Gasteiger partial charge in [0, 0.05) is 13.0 Å². The summed E-state index contributed by atoms with van der Waals surface area (Å²) >= 11 is 0. The minimum Gasteiger partial charge on any atom is -0.481 e. The van der Waals surface area contributed by atoms with Gasteiger partial charge in [-0.2, -0.15) is 0 Å². The Hall–Kier alpha value is -2.90. The van der Waals surface area contributed by atoms with E-state index in [0.29, 0.717) is 12.0 Å². The van der Waals surface area contributed by atoms with Gasteiger partial charge in [0.2, 0.25) is 11.8 Å². The molecular weight excluding hydrogens is 326 g/mol. The SMILES string of the molecule is CC[C@@H](NC(=O)N1CC(=O)NCCC1=O)c1ccc(CC(=O)O)cc1. The topological polar surface area (TPSA) is 116 Å². The van der Waals surface area contributed by atoms with E-state index >= 15 is 0 Å². The molecule has 0 saturated carbocycles. The molecule has 3 N–H and O–H groups in total. The lowest BCUT2D eigenvalue weighted by Crippen LogP contribution is -2.46. The third-order valence-electron chi connectivity index (χ3n) is 3.95. The van der Waals surface area contributed by atoms with E-state index in [2.05, 4.69) is 10.6 Å². The third-order valence-corrected chi connectivity index (χ3v) is 3.95. The Labute approximate surface area is 145 Å². The minimum atomic E-state index is -0.911. The highest BCUT2D eigenvalue weighted by atomic mass is 16.4. The van der Waals surface area contributed by atoms with Gasteiger partial charge in [-0.25, -0.2) is 4.79 Å². The average Bonchev–Trinajstić information content (AvgIpc) is 2.74. The van der Waals surface area contributed by atoms with Crippen molar-refractivity contribution in [3.05, 3.63) is 35.4 Å². The maximum absolute atomic E-state index is 12.4. The Morgan fingerprint density at radius 1 is 1.28 bits per heavy atom. The monoisotopic (exact) mass is 347 g/mol. The Morgan fingerprint density at radius 3 is 2.56 bits per heavy atom. The number of hydrogen-bond acceptors (Lipinski definition) is 4. The molecule has 1 aromatic carbocycles. The lowest BCUT2D eigenvalue weighted by Gasteiger charge is -2.23. The van der Waals surface area contributed by atoms with Crippen LogP contribution in [0.5, 0.6) is 0 Å². The number of carbonyl (C=O) groups is 4. The molecule has 134 valence electrons. The van der Waals surface area contributed by atoms with Crippen molar-refractivity contribution in [2.24, 2.45) is 0 Å². The smallest absolute Gasteiger partial charge is 0.325 e. The van der Waals surface area contributed by atoms with Gasteiger partial charge in [-0.05, 0) is 17.5 Å². The van der Waals surface area contributed by atoms with E-state index in [9.17, 15) is 19.2 Å². The molecular formula is C17H21N3O5. The van der Waals surface area contributed by atoms with Gasteiger partial charge in [0.15, 0.2) is 0 Å². The summed E-state index contributed by atoms with van der Waals surface area (Å²) in [6.45, 7) is 1.81. The van der Waals surface area contributed by atoms with E-state index in [1.54, 1.807) is 24.3 Å². The summed E-state index contributed by atoms with van der Waals surface area (Å²) in [5.74, 6) is -1.68. The van der Waals surface area contributed by atoms with E-state index in [-0.39, 0.29) is 37.9 Å². The molecule has 8 nitrogen and oxygen atoms in total. The number of rotatable bonds is 5. The molecule has 1 fully saturated rings. The Bertz CT molecular complexity index is 671. The van der Waals surface area contributed by atoms with E-state index in [1.807, 2.05) is 6.92 Å². The fourth-order valence-electron chi connectivity index (χ4n) is 2.61. The van der Waals surface area contributed by atoms with Crippen LogP contribution in [0.1, 0.15) is 36.9 Å². The summed E-state index contributed by atoms with van der Waals surface area (Å²) in [4.78, 5) is 47.6. The van der Waals surface area contributed by atoms with Crippen molar-refractivity contribution in [1.82, 2.24) is 15.5 Å². The standard InChI is InChI=1S/C17H21N3O5/c1-2-13(12-5-3-11(4-6-12)9-16(23)24)19-17(25)20-10-14(21)18-8-7-15(20)22/h3-6,13H,2,7-10H2,1H3,(H,18,21)(H,19,25)(H,23,24)/t13-/m1/s1. The van der Waals surface area contributed by atoms with E-state index < -0.39 is 17.9 Å². The second-order valence-electron chi connectivity index (χ2n) is 5.80. The van der Waals surface area contributed by atoms with Crippen LogP contribution in [0.3, 0.4) is 0 Å². The van der Waals surface area contributed by atoms with Crippen molar-refractivity contribution in [2.75, 3.05) is 13.1 Å². The number of nitrogens with zero attached hydrogens (tertiary/aromatic N) is 1. The van der Waals surface area contributed by atoms with Crippen molar-refractivity contribution in [1.29, 1.82) is 0 Å². The summed E-state index contributed by atoms with van der Waals surface area (Å²) in [7, 11) is 0. The largest absolute Gasteiger partial charge is 0.481 e. The highest BCUT2D eigenvalue weighted by Crippen LogP contribution is 2.18. The second-order valence-corrected chi connectivity index (χ2v) is 5.80. The summed E-state index contributed by atoms with van der Waals surface area (Å²) in [6.07, 6.45) is 0.596. The van der Waals surface area contributed by atoms with Gasteiger partial charge in [-0.1, -0.05) is 31.2 Å². The van der Waals surface area contributed by atoms with Crippen LogP contribution in [0.2, 0.25) is 0 Å². The summed E-state index contributed by atoms with van der Waals surface area (Å²) in [6, 6.07) is 5.95. The Balaban J connectivity index is 2.07. The maximum Gasteiger partial charge on any atom is 0.325 e. The number of carboxylic acid groups (broad SMARTS) is 1. The molecule has 1 aliphatic heterocycles. The normalized spacial score (nSPS) is 16.0. The van der Waals surface area contributed by atoms with Gasteiger partial charge >= 0.3 is 12.0 Å². The Kier molecular flexibility index (Phi) is 6.10. The molecule has 0 radical (unpaired) electrons. The number of imide groups is 1. The first kappa shape index (κ1) is 18.4. The number of hydrogen-bond donors (Lipinski definition) is 3. The zero-order valence-electron chi connectivity index (χ0n) is 13.9. The van der Waals surface area contributed by atoms with Crippen LogP contribution >= 0.6 is 0 Å². The summed E-state index contributed by atoms with van der Waals surface area (Å²) < 4.78 is 0. The highest BCUT2D eigenvalue weighted by Gasteiger charge is 2.28. The van der Waals surface area contributed by atoms with Gasteiger partial charge in [-0.15, -0.1) is 0 Å². The number of carbonyl (C=O) groups excluding carboxylic acids is 3. The molecule has 8 heteroatoms. The number of aliphatic carboxylic acids is 1. The summed E-state index contributed by atoms with van der Waals surface area (Å²) in [5.41, 5.74) is 1.47. The molecule has 0 aromatic heterocycles. The van der Waals surface area contributed by atoms with E-state index in [0.717, 1.165) is 10.5 Å². The van der Waals surface area contributed by atoms with Crippen molar-refractivity contribution in [2.45, 2.75) is 32.2 Å². The number of amides is 4. The molecule has 4 amide bonds. The van der Waals surface area contributed by atoms with Crippen LogP contribution in [-0.4, -0.2) is 46.9 Å². The lowest BCUT2D eigenvalue weighted by molar-refractivity contribution is -0.136.